The van der Waals surface area contributed by atoms with Gasteiger partial charge in [-0.05, 0) is 49.9 Å². The first-order valence-electron chi connectivity index (χ1n) is 8.56. The van der Waals surface area contributed by atoms with Crippen molar-refractivity contribution in [1.82, 2.24) is 9.78 Å². The first-order valence-corrected chi connectivity index (χ1v) is 11.9. The maximum Gasteiger partial charge on any atom is 0.433 e. The second-order valence-corrected chi connectivity index (χ2v) is 12.2. The average molecular weight is 470 g/mol. The Morgan fingerprint density at radius 2 is 1.77 bits per heavy atom. The molecule has 0 aliphatic carbocycles. The lowest BCUT2D eigenvalue weighted by molar-refractivity contribution is -0.165. The molecule has 11 heteroatoms. The summed E-state index contributed by atoms with van der Waals surface area (Å²) in [5, 5.41) is 13.2. The molecule has 30 heavy (non-hydrogen) atoms. The molecule has 3 nitrogen and oxygen atoms in total. The lowest BCUT2D eigenvalue weighted by Crippen LogP contribution is -2.19. The molecule has 0 radical (unpaired) electrons. The van der Waals surface area contributed by atoms with Crippen molar-refractivity contribution in [2.75, 3.05) is 13.3 Å². The number of hydrogen-bond donors (Lipinski definition) is 0. The minimum Gasteiger partial charge on any atom is -0.262 e. The number of hydrogen-bond acceptors (Lipinski definition) is 2. The summed E-state index contributed by atoms with van der Waals surface area (Å²) in [7, 11) is 0.815. The number of alkyl halides is 6. The molecule has 1 unspecified atom stereocenters. The van der Waals surface area contributed by atoms with Gasteiger partial charge in [0.15, 0.2) is 5.69 Å². The summed E-state index contributed by atoms with van der Waals surface area (Å²) in [6, 6.07) is 4.80. The lowest BCUT2D eigenvalue weighted by Gasteiger charge is -2.21. The zero-order valence-electron chi connectivity index (χ0n) is 16.6. The molecule has 0 aliphatic rings. The Balaban J connectivity index is 2.78. The first-order chi connectivity index (χ1) is 13.5. The molecule has 0 bridgehead atoms. The average Bonchev–Trinajstić information content (AvgIpc) is 2.90. The monoisotopic (exact) mass is 469 g/mol. The minimum atomic E-state index is -5.28. The first kappa shape index (κ1) is 24.4. The van der Waals surface area contributed by atoms with Crippen LogP contribution in [0.3, 0.4) is 0 Å². The Hall–Kier alpha value is -1.91. The fraction of sp³-hybridized carbons (Fsp3) is 0.421. The van der Waals surface area contributed by atoms with Crippen LogP contribution in [0.2, 0.25) is 5.02 Å². The Bertz CT molecular complexity index is 1060. The maximum absolute atomic E-state index is 13.6. The van der Waals surface area contributed by atoms with Gasteiger partial charge < -0.3 is 0 Å². The summed E-state index contributed by atoms with van der Waals surface area (Å²) in [6.45, 7) is 3.21. The molecule has 1 atom stereocenters. The van der Waals surface area contributed by atoms with Gasteiger partial charge in [0.1, 0.15) is 11.3 Å². The van der Waals surface area contributed by atoms with Crippen LogP contribution in [-0.2, 0) is 25.8 Å². The van der Waals surface area contributed by atoms with Crippen molar-refractivity contribution >= 4 is 24.8 Å². The third-order valence-electron chi connectivity index (χ3n) is 4.65. The highest BCUT2D eigenvalue weighted by molar-refractivity contribution is 7.73. The summed E-state index contributed by atoms with van der Waals surface area (Å²) in [4.78, 5) is 0. The number of aromatic nitrogens is 2. The smallest absolute Gasteiger partial charge is 0.262 e. The van der Waals surface area contributed by atoms with Gasteiger partial charge in [0, 0.05) is 17.6 Å². The van der Waals surface area contributed by atoms with Crippen molar-refractivity contribution in [3.05, 3.63) is 39.5 Å². The normalized spacial score (nSPS) is 13.9. The van der Waals surface area contributed by atoms with Gasteiger partial charge in [-0.3, -0.25) is 4.68 Å². The SMILES string of the molecule is C=P(C)(C)C(C#N)Cc1cc(-c2nn(C)c(C(F)(F)F)c2C(F)(F)F)c(C)cc1Cl. The van der Waals surface area contributed by atoms with Crippen LogP contribution in [0.25, 0.3) is 11.3 Å². The summed E-state index contributed by atoms with van der Waals surface area (Å²) < 4.78 is 81.1. The van der Waals surface area contributed by atoms with Crippen LogP contribution in [0, 0.1) is 18.3 Å². The van der Waals surface area contributed by atoms with Crippen molar-refractivity contribution in [3.63, 3.8) is 0 Å². The maximum atomic E-state index is 13.6. The van der Waals surface area contributed by atoms with Crippen LogP contribution >= 0.6 is 18.5 Å². The van der Waals surface area contributed by atoms with E-state index in [0.29, 0.717) is 5.56 Å². The molecule has 1 heterocycles. The minimum absolute atomic E-state index is 0.118. The molecular formula is C19H19ClF6N3P. The Morgan fingerprint density at radius 1 is 1.20 bits per heavy atom. The van der Waals surface area contributed by atoms with E-state index in [2.05, 4.69) is 17.5 Å². The van der Waals surface area contributed by atoms with Crippen molar-refractivity contribution in [2.45, 2.75) is 31.4 Å². The molecule has 0 spiro atoms. The number of rotatable bonds is 4. The predicted octanol–water partition coefficient (Wildman–Crippen LogP) is 6.23. The van der Waals surface area contributed by atoms with E-state index in [1.54, 1.807) is 0 Å². The third kappa shape index (κ3) is 4.87. The van der Waals surface area contributed by atoms with Gasteiger partial charge in [-0.15, -0.1) is 6.89 Å². The second-order valence-electron chi connectivity index (χ2n) is 7.58. The van der Waals surface area contributed by atoms with Crippen molar-refractivity contribution < 1.29 is 26.3 Å². The highest BCUT2D eigenvalue weighted by Crippen LogP contribution is 2.47. The number of halogens is 7. The predicted molar refractivity (Wildman–Crippen MR) is 107 cm³/mol. The summed E-state index contributed by atoms with van der Waals surface area (Å²) in [5.41, 5.74) is -4.60. The highest BCUT2D eigenvalue weighted by Gasteiger charge is 2.49. The van der Waals surface area contributed by atoms with E-state index in [1.807, 2.05) is 13.3 Å². The third-order valence-corrected chi connectivity index (χ3v) is 6.99. The van der Waals surface area contributed by atoms with Crippen molar-refractivity contribution in [3.8, 4) is 17.3 Å². The molecule has 0 aliphatic heterocycles. The molecule has 0 saturated carbocycles. The van der Waals surface area contributed by atoms with E-state index < -0.39 is 41.8 Å². The molecule has 0 fully saturated rings. The standard InChI is InChI=1S/C19H19ClF6N3P/c1-10-6-14(20)11(7-12(9-27)30(3,4)5)8-13(10)16-15(18(21,22)23)17(19(24,25)26)29(2)28-16/h6,8,12H,3,7H2,1-2,4-5H3. The summed E-state index contributed by atoms with van der Waals surface area (Å²) >= 11 is 6.23. The number of nitrogens with zero attached hydrogens (tertiary/aromatic N) is 3. The topological polar surface area (TPSA) is 41.6 Å². The van der Waals surface area contributed by atoms with Gasteiger partial charge in [-0.2, -0.15) is 36.7 Å². The Labute approximate surface area is 175 Å². The van der Waals surface area contributed by atoms with Crippen LogP contribution in [-0.4, -0.2) is 35.1 Å². The van der Waals surface area contributed by atoms with Crippen LogP contribution in [0.15, 0.2) is 12.1 Å². The molecule has 1 aromatic heterocycles. The quantitative estimate of drug-likeness (QED) is 0.393. The van der Waals surface area contributed by atoms with E-state index in [-0.39, 0.29) is 27.3 Å². The number of aryl methyl sites for hydroxylation is 2. The van der Waals surface area contributed by atoms with E-state index in [1.165, 1.54) is 19.1 Å². The Kier molecular flexibility index (Phi) is 6.47. The summed E-state index contributed by atoms with van der Waals surface area (Å²) in [5.74, 6) is 0. The Morgan fingerprint density at radius 3 is 2.20 bits per heavy atom. The number of nitriles is 1. The summed E-state index contributed by atoms with van der Waals surface area (Å²) in [6.07, 6.45) is -6.40. The lowest BCUT2D eigenvalue weighted by atomic mass is 9.96. The molecule has 2 aromatic rings. The van der Waals surface area contributed by atoms with Crippen LogP contribution in [0.5, 0.6) is 0 Å². The van der Waals surface area contributed by atoms with Crippen molar-refractivity contribution in [1.29, 1.82) is 5.26 Å². The zero-order valence-corrected chi connectivity index (χ0v) is 18.2. The fourth-order valence-electron chi connectivity index (χ4n) is 3.09. The van der Waals surface area contributed by atoms with E-state index in [0.717, 1.165) is 7.05 Å². The van der Waals surface area contributed by atoms with Gasteiger partial charge in [-0.25, -0.2) is 0 Å². The zero-order chi connectivity index (χ0) is 23.2. The molecule has 164 valence electrons. The molecule has 2 rings (SSSR count). The molecule has 0 amide bonds. The fourth-order valence-corrected chi connectivity index (χ4v) is 4.39. The van der Waals surface area contributed by atoms with Gasteiger partial charge in [-0.1, -0.05) is 17.9 Å². The number of benzene rings is 1. The van der Waals surface area contributed by atoms with Gasteiger partial charge in [0.2, 0.25) is 0 Å². The van der Waals surface area contributed by atoms with Gasteiger partial charge >= 0.3 is 12.4 Å². The molecule has 1 aromatic carbocycles. The molecule has 0 saturated heterocycles. The van der Waals surface area contributed by atoms with Gasteiger partial charge in [0.25, 0.3) is 0 Å². The molecule has 0 N–H and O–H groups in total. The van der Waals surface area contributed by atoms with E-state index in [9.17, 15) is 31.6 Å². The van der Waals surface area contributed by atoms with E-state index >= 15 is 0 Å². The van der Waals surface area contributed by atoms with Crippen LogP contribution in [0.1, 0.15) is 22.4 Å². The van der Waals surface area contributed by atoms with E-state index in [4.69, 9.17) is 11.6 Å². The van der Waals surface area contributed by atoms with Crippen molar-refractivity contribution in [2.24, 2.45) is 7.05 Å². The highest BCUT2D eigenvalue weighted by atomic mass is 35.5. The van der Waals surface area contributed by atoms with Crippen LogP contribution in [0.4, 0.5) is 26.3 Å². The van der Waals surface area contributed by atoms with Crippen LogP contribution < -0.4 is 0 Å². The molecular weight excluding hydrogens is 451 g/mol. The second kappa shape index (κ2) is 7.97. The largest absolute Gasteiger partial charge is 0.433 e. The van der Waals surface area contributed by atoms with Gasteiger partial charge in [0.05, 0.1) is 11.7 Å².